The molecule has 0 radical (unpaired) electrons. The zero-order valence-electron chi connectivity index (χ0n) is 14.9. The molecule has 0 saturated heterocycles. The van der Waals surface area contributed by atoms with Gasteiger partial charge >= 0.3 is 0 Å². The van der Waals surface area contributed by atoms with Crippen molar-refractivity contribution in [2.75, 3.05) is 9.62 Å². The Balaban J connectivity index is 2.07. The number of rotatable bonds is 6. The van der Waals surface area contributed by atoms with Gasteiger partial charge in [0.25, 0.3) is 10.0 Å². The van der Waals surface area contributed by atoms with Crippen molar-refractivity contribution >= 4 is 27.3 Å². The number of benzene rings is 3. The first-order valence-electron chi connectivity index (χ1n) is 8.46. The van der Waals surface area contributed by atoms with Crippen molar-refractivity contribution in [2.24, 2.45) is 0 Å². The molecule has 3 aromatic carbocycles. The first-order chi connectivity index (χ1) is 13.0. The van der Waals surface area contributed by atoms with Crippen LogP contribution in [0.4, 0.5) is 11.4 Å². The fourth-order valence-corrected chi connectivity index (χ4v) is 4.19. The van der Waals surface area contributed by atoms with Gasteiger partial charge in [-0.3, -0.25) is 9.10 Å². The van der Waals surface area contributed by atoms with Gasteiger partial charge in [0.15, 0.2) is 0 Å². The van der Waals surface area contributed by atoms with Gasteiger partial charge in [-0.2, -0.15) is 0 Å². The SMILES string of the molecule is CC(=O)Nc1cccc(N(Cc2ccccc2)S(=O)(=O)c2ccccc2)c1. The molecule has 3 rings (SSSR count). The van der Waals surface area contributed by atoms with Crippen LogP contribution in [0.3, 0.4) is 0 Å². The molecule has 27 heavy (non-hydrogen) atoms. The van der Waals surface area contributed by atoms with Gasteiger partial charge in [0.2, 0.25) is 5.91 Å². The first kappa shape index (κ1) is 18.7. The topological polar surface area (TPSA) is 66.5 Å². The number of nitrogens with zero attached hydrogens (tertiary/aromatic N) is 1. The number of amides is 1. The van der Waals surface area contributed by atoms with E-state index in [2.05, 4.69) is 5.32 Å². The monoisotopic (exact) mass is 380 g/mol. The van der Waals surface area contributed by atoms with E-state index in [1.807, 2.05) is 30.3 Å². The third-order valence-electron chi connectivity index (χ3n) is 3.95. The largest absolute Gasteiger partial charge is 0.326 e. The van der Waals surface area contributed by atoms with E-state index >= 15 is 0 Å². The summed E-state index contributed by atoms with van der Waals surface area (Å²) in [4.78, 5) is 11.6. The third-order valence-corrected chi connectivity index (χ3v) is 5.74. The molecular weight excluding hydrogens is 360 g/mol. The molecule has 6 heteroatoms. The molecule has 0 unspecified atom stereocenters. The number of hydrogen-bond acceptors (Lipinski definition) is 3. The van der Waals surface area contributed by atoms with Crippen LogP contribution >= 0.6 is 0 Å². The number of hydrogen-bond donors (Lipinski definition) is 1. The van der Waals surface area contributed by atoms with E-state index in [-0.39, 0.29) is 17.3 Å². The summed E-state index contributed by atoms with van der Waals surface area (Å²) in [6.45, 7) is 1.59. The van der Waals surface area contributed by atoms with Crippen molar-refractivity contribution in [1.29, 1.82) is 0 Å². The highest BCUT2D eigenvalue weighted by molar-refractivity contribution is 7.92. The second-order valence-corrected chi connectivity index (χ2v) is 7.90. The fourth-order valence-electron chi connectivity index (χ4n) is 2.73. The van der Waals surface area contributed by atoms with Crippen molar-refractivity contribution < 1.29 is 13.2 Å². The lowest BCUT2D eigenvalue weighted by Crippen LogP contribution is -2.30. The van der Waals surface area contributed by atoms with Gasteiger partial charge < -0.3 is 5.32 Å². The second kappa shape index (κ2) is 8.05. The van der Waals surface area contributed by atoms with E-state index in [0.29, 0.717) is 11.4 Å². The maximum absolute atomic E-state index is 13.3. The summed E-state index contributed by atoms with van der Waals surface area (Å²) in [5.41, 5.74) is 1.89. The predicted molar refractivity (Wildman–Crippen MR) is 107 cm³/mol. The highest BCUT2D eigenvalue weighted by Gasteiger charge is 2.25. The highest BCUT2D eigenvalue weighted by atomic mass is 32.2. The molecule has 0 aliphatic carbocycles. The summed E-state index contributed by atoms with van der Waals surface area (Å²) in [5, 5.41) is 2.69. The van der Waals surface area contributed by atoms with Crippen LogP contribution in [-0.4, -0.2) is 14.3 Å². The van der Waals surface area contributed by atoms with Crippen LogP contribution in [0.1, 0.15) is 12.5 Å². The number of sulfonamides is 1. The zero-order chi connectivity index (χ0) is 19.3. The molecule has 1 N–H and O–H groups in total. The molecule has 0 fully saturated rings. The van der Waals surface area contributed by atoms with Crippen LogP contribution in [0.15, 0.2) is 89.8 Å². The molecule has 0 heterocycles. The standard InChI is InChI=1S/C21H20N2O3S/c1-17(24)22-19-11-8-12-20(15-19)23(16-18-9-4-2-5-10-18)27(25,26)21-13-6-3-7-14-21/h2-15H,16H2,1H3,(H,22,24). The quantitative estimate of drug-likeness (QED) is 0.702. The Morgan fingerprint density at radius 1 is 0.889 bits per heavy atom. The van der Waals surface area contributed by atoms with Crippen LogP contribution in [0.25, 0.3) is 0 Å². The smallest absolute Gasteiger partial charge is 0.264 e. The maximum atomic E-state index is 13.3. The molecule has 1 amide bonds. The third kappa shape index (κ3) is 4.54. The Labute approximate surface area is 159 Å². The highest BCUT2D eigenvalue weighted by Crippen LogP contribution is 2.28. The van der Waals surface area contributed by atoms with E-state index in [4.69, 9.17) is 0 Å². The van der Waals surface area contributed by atoms with Crippen molar-refractivity contribution in [3.63, 3.8) is 0 Å². The Bertz CT molecular complexity index is 1020. The average Bonchev–Trinajstić information content (AvgIpc) is 2.67. The van der Waals surface area contributed by atoms with E-state index in [1.54, 1.807) is 54.6 Å². The van der Waals surface area contributed by atoms with E-state index in [0.717, 1.165) is 5.56 Å². The van der Waals surface area contributed by atoms with Gasteiger partial charge in [-0.15, -0.1) is 0 Å². The summed E-state index contributed by atoms with van der Waals surface area (Å²) in [5.74, 6) is -0.215. The van der Waals surface area contributed by atoms with Crippen molar-refractivity contribution in [2.45, 2.75) is 18.4 Å². The molecule has 138 valence electrons. The van der Waals surface area contributed by atoms with Gasteiger partial charge in [-0.25, -0.2) is 8.42 Å². The molecular formula is C21H20N2O3S. The van der Waals surface area contributed by atoms with Gasteiger partial charge in [0.05, 0.1) is 17.1 Å². The van der Waals surface area contributed by atoms with Crippen LogP contribution in [0.5, 0.6) is 0 Å². The fraction of sp³-hybridized carbons (Fsp3) is 0.0952. The Kier molecular flexibility index (Phi) is 5.57. The summed E-state index contributed by atoms with van der Waals surface area (Å²) < 4.78 is 28.0. The van der Waals surface area contributed by atoms with E-state index in [1.165, 1.54) is 11.2 Å². The minimum atomic E-state index is -3.78. The molecule has 0 aliphatic heterocycles. The zero-order valence-corrected chi connectivity index (χ0v) is 15.7. The average molecular weight is 380 g/mol. The lowest BCUT2D eigenvalue weighted by molar-refractivity contribution is -0.114. The number of carbonyl (C=O) groups excluding carboxylic acids is 1. The molecule has 5 nitrogen and oxygen atoms in total. The van der Waals surface area contributed by atoms with Crippen molar-refractivity contribution in [1.82, 2.24) is 0 Å². The maximum Gasteiger partial charge on any atom is 0.264 e. The molecule has 0 bridgehead atoms. The minimum absolute atomic E-state index is 0.182. The van der Waals surface area contributed by atoms with Crippen molar-refractivity contribution in [3.8, 4) is 0 Å². The van der Waals surface area contributed by atoms with Crippen molar-refractivity contribution in [3.05, 3.63) is 90.5 Å². The molecule has 0 spiro atoms. The van der Waals surface area contributed by atoms with Crippen LogP contribution in [0, 0.1) is 0 Å². The first-order valence-corrected chi connectivity index (χ1v) is 9.90. The van der Waals surface area contributed by atoms with Gasteiger partial charge in [-0.1, -0.05) is 54.6 Å². The number of nitrogens with one attached hydrogen (secondary N) is 1. The van der Waals surface area contributed by atoms with Crippen LogP contribution < -0.4 is 9.62 Å². The predicted octanol–water partition coefficient (Wildman–Crippen LogP) is 4.04. The molecule has 0 atom stereocenters. The molecule has 0 saturated carbocycles. The summed E-state index contributed by atoms with van der Waals surface area (Å²) in [6, 6.07) is 24.5. The van der Waals surface area contributed by atoms with Crippen LogP contribution in [0.2, 0.25) is 0 Å². The summed E-state index contributed by atoms with van der Waals surface area (Å²) in [7, 11) is -3.78. The van der Waals surface area contributed by atoms with E-state index < -0.39 is 10.0 Å². The molecule has 0 aromatic heterocycles. The van der Waals surface area contributed by atoms with Gasteiger partial charge in [0.1, 0.15) is 0 Å². The lowest BCUT2D eigenvalue weighted by Gasteiger charge is -2.25. The Morgan fingerprint density at radius 3 is 2.15 bits per heavy atom. The Morgan fingerprint density at radius 2 is 1.52 bits per heavy atom. The molecule has 3 aromatic rings. The lowest BCUT2D eigenvalue weighted by atomic mass is 10.2. The summed E-state index contributed by atoms with van der Waals surface area (Å²) in [6.07, 6.45) is 0. The van der Waals surface area contributed by atoms with E-state index in [9.17, 15) is 13.2 Å². The minimum Gasteiger partial charge on any atom is -0.326 e. The van der Waals surface area contributed by atoms with Crippen LogP contribution in [-0.2, 0) is 21.4 Å². The van der Waals surface area contributed by atoms with Gasteiger partial charge in [0, 0.05) is 12.6 Å². The normalized spacial score (nSPS) is 11.0. The van der Waals surface area contributed by atoms with Gasteiger partial charge in [-0.05, 0) is 35.9 Å². The molecule has 0 aliphatic rings. The number of carbonyl (C=O) groups is 1. The summed E-state index contributed by atoms with van der Waals surface area (Å²) >= 11 is 0. The second-order valence-electron chi connectivity index (χ2n) is 6.04. The Hall–Kier alpha value is -3.12. The number of anilines is 2.